The molecule has 29 heavy (non-hydrogen) atoms. The Kier molecular flexibility index (Phi) is 5.55. The number of amides is 1. The van der Waals surface area contributed by atoms with E-state index in [0.29, 0.717) is 21.3 Å². The number of aromatic nitrogens is 1. The van der Waals surface area contributed by atoms with Gasteiger partial charge in [-0.3, -0.25) is 9.59 Å². The molecule has 0 N–H and O–H groups in total. The molecule has 3 aromatic rings. The van der Waals surface area contributed by atoms with Crippen LogP contribution in [0.5, 0.6) is 11.5 Å². The number of rotatable bonds is 5. The molecule has 0 bridgehead atoms. The lowest BCUT2D eigenvalue weighted by Crippen LogP contribution is -2.23. The minimum Gasteiger partial charge on any atom is -0.465 e. The van der Waals surface area contributed by atoms with Crippen molar-refractivity contribution in [1.29, 1.82) is 0 Å². The molecule has 1 amide bonds. The minimum absolute atomic E-state index is 0.0550. The first-order chi connectivity index (χ1) is 14.0. The number of fused-ring (bicyclic) bond motifs is 2. The Balaban J connectivity index is 1.73. The van der Waals surface area contributed by atoms with Gasteiger partial charge in [0.05, 0.1) is 23.2 Å². The zero-order valence-corrected chi connectivity index (χ0v) is 17.1. The van der Waals surface area contributed by atoms with Gasteiger partial charge in [-0.05, 0) is 24.6 Å². The van der Waals surface area contributed by atoms with Crippen LogP contribution in [-0.4, -0.2) is 29.8 Å². The van der Waals surface area contributed by atoms with Crippen molar-refractivity contribution in [1.82, 2.24) is 4.57 Å². The van der Waals surface area contributed by atoms with Crippen LogP contribution in [-0.2, 0) is 27.3 Å². The van der Waals surface area contributed by atoms with Crippen molar-refractivity contribution in [2.75, 3.05) is 13.4 Å². The molecule has 1 aliphatic heterocycles. The van der Waals surface area contributed by atoms with Gasteiger partial charge < -0.3 is 18.8 Å². The van der Waals surface area contributed by atoms with Gasteiger partial charge in [-0.2, -0.15) is 4.99 Å². The molecule has 0 saturated carbocycles. The Morgan fingerprint density at radius 3 is 2.66 bits per heavy atom. The molecule has 2 aromatic carbocycles. The monoisotopic (exact) mass is 432 g/mol. The molecule has 7 nitrogen and oxygen atoms in total. The molecule has 2 heterocycles. The maximum Gasteiger partial charge on any atom is 0.326 e. The SMILES string of the molecule is CCOC(=O)Cn1c(=NC(=O)Cc2ccc(Cl)cc2)sc2cc3c(cc21)OCO3. The average molecular weight is 433 g/mol. The summed E-state index contributed by atoms with van der Waals surface area (Å²) >= 11 is 7.19. The summed E-state index contributed by atoms with van der Waals surface area (Å²) in [5.74, 6) is 0.487. The highest BCUT2D eigenvalue weighted by Crippen LogP contribution is 2.37. The van der Waals surface area contributed by atoms with E-state index < -0.39 is 5.97 Å². The second-order valence-electron chi connectivity index (χ2n) is 6.26. The maximum atomic E-state index is 12.5. The van der Waals surface area contributed by atoms with Gasteiger partial charge in [-0.15, -0.1) is 0 Å². The second-order valence-corrected chi connectivity index (χ2v) is 7.70. The molecule has 0 aliphatic carbocycles. The number of esters is 1. The van der Waals surface area contributed by atoms with E-state index in [1.807, 2.05) is 6.07 Å². The van der Waals surface area contributed by atoms with Crippen molar-refractivity contribution in [3.05, 3.63) is 51.8 Å². The average Bonchev–Trinajstić information content (AvgIpc) is 3.26. The minimum atomic E-state index is -0.406. The van der Waals surface area contributed by atoms with E-state index in [9.17, 15) is 9.59 Å². The summed E-state index contributed by atoms with van der Waals surface area (Å²) in [7, 11) is 0. The number of carbonyl (C=O) groups is 2. The predicted molar refractivity (Wildman–Crippen MR) is 108 cm³/mol. The number of benzene rings is 2. The summed E-state index contributed by atoms with van der Waals surface area (Å²) in [6, 6.07) is 10.6. The van der Waals surface area contributed by atoms with E-state index in [2.05, 4.69) is 4.99 Å². The van der Waals surface area contributed by atoms with E-state index in [4.69, 9.17) is 25.8 Å². The number of hydrogen-bond donors (Lipinski definition) is 0. The topological polar surface area (TPSA) is 79.1 Å². The van der Waals surface area contributed by atoms with Gasteiger partial charge in [0.15, 0.2) is 16.3 Å². The highest BCUT2D eigenvalue weighted by Gasteiger charge is 2.19. The van der Waals surface area contributed by atoms with Gasteiger partial charge in [0.25, 0.3) is 5.91 Å². The van der Waals surface area contributed by atoms with E-state index >= 15 is 0 Å². The first kappa shape index (κ1) is 19.5. The van der Waals surface area contributed by atoms with Gasteiger partial charge in [0.1, 0.15) is 6.54 Å². The summed E-state index contributed by atoms with van der Waals surface area (Å²) in [4.78, 5) is 29.3. The fourth-order valence-corrected chi connectivity index (χ4v) is 4.14. The molecule has 9 heteroatoms. The maximum absolute atomic E-state index is 12.5. The van der Waals surface area contributed by atoms with Crippen molar-refractivity contribution >= 4 is 45.0 Å². The van der Waals surface area contributed by atoms with Crippen LogP contribution in [0.25, 0.3) is 10.2 Å². The van der Waals surface area contributed by atoms with Gasteiger partial charge >= 0.3 is 5.97 Å². The van der Waals surface area contributed by atoms with Gasteiger partial charge in [0, 0.05) is 17.2 Å². The molecule has 150 valence electrons. The van der Waals surface area contributed by atoms with E-state index in [-0.39, 0.29) is 32.3 Å². The quantitative estimate of drug-likeness (QED) is 0.578. The first-order valence-electron chi connectivity index (χ1n) is 8.94. The van der Waals surface area contributed by atoms with Crippen LogP contribution in [0.1, 0.15) is 12.5 Å². The number of carbonyl (C=O) groups excluding carboxylic acids is 2. The van der Waals surface area contributed by atoms with Gasteiger partial charge in [0.2, 0.25) is 6.79 Å². The van der Waals surface area contributed by atoms with Crippen molar-refractivity contribution in [3.63, 3.8) is 0 Å². The summed E-state index contributed by atoms with van der Waals surface area (Å²) in [6.45, 7) is 2.12. The van der Waals surface area contributed by atoms with Gasteiger partial charge in [-0.1, -0.05) is 35.1 Å². The summed E-state index contributed by atoms with van der Waals surface area (Å²) < 4.78 is 18.4. The fraction of sp³-hybridized carbons (Fsp3) is 0.250. The third kappa shape index (κ3) is 4.28. The third-order valence-corrected chi connectivity index (χ3v) is 5.55. The Labute approximate surface area is 175 Å². The molecule has 0 spiro atoms. The molecule has 0 unspecified atom stereocenters. The summed E-state index contributed by atoms with van der Waals surface area (Å²) in [5.41, 5.74) is 1.53. The van der Waals surface area contributed by atoms with Crippen molar-refractivity contribution < 1.29 is 23.8 Å². The lowest BCUT2D eigenvalue weighted by Gasteiger charge is -2.05. The molecule has 0 atom stereocenters. The Morgan fingerprint density at radius 1 is 1.21 bits per heavy atom. The number of nitrogens with zero attached hydrogens (tertiary/aromatic N) is 2. The van der Waals surface area contributed by atoms with Crippen molar-refractivity contribution in [2.45, 2.75) is 19.9 Å². The molecular weight excluding hydrogens is 416 g/mol. The molecule has 0 saturated heterocycles. The molecule has 4 rings (SSSR count). The van der Waals surface area contributed by atoms with Crippen LogP contribution in [0.3, 0.4) is 0 Å². The molecule has 0 radical (unpaired) electrons. The normalized spacial score (nSPS) is 13.1. The fourth-order valence-electron chi connectivity index (χ4n) is 2.96. The Bertz CT molecular complexity index is 1150. The Hall–Kier alpha value is -2.84. The van der Waals surface area contributed by atoms with E-state index in [0.717, 1.165) is 15.8 Å². The highest BCUT2D eigenvalue weighted by molar-refractivity contribution is 7.16. The van der Waals surface area contributed by atoms with Crippen LogP contribution in [0.2, 0.25) is 5.02 Å². The molecule has 1 aliphatic rings. The van der Waals surface area contributed by atoms with Crippen molar-refractivity contribution in [3.8, 4) is 11.5 Å². The smallest absolute Gasteiger partial charge is 0.326 e. The Morgan fingerprint density at radius 2 is 1.93 bits per heavy atom. The molecule has 1 aromatic heterocycles. The standard InChI is InChI=1S/C20H17ClN2O5S/c1-2-26-19(25)10-23-14-8-15-16(28-11-27-15)9-17(14)29-20(23)22-18(24)7-12-3-5-13(21)6-4-12/h3-6,8-9H,2,7,10-11H2,1H3. The van der Waals surface area contributed by atoms with Crippen LogP contribution in [0, 0.1) is 0 Å². The summed E-state index contributed by atoms with van der Waals surface area (Å²) in [5, 5.41) is 0.604. The number of ether oxygens (including phenoxy) is 3. The van der Waals surface area contributed by atoms with Crippen LogP contribution in [0.15, 0.2) is 41.4 Å². The molecule has 0 fully saturated rings. The zero-order chi connectivity index (χ0) is 20.4. The van der Waals surface area contributed by atoms with Gasteiger partial charge in [-0.25, -0.2) is 0 Å². The first-order valence-corrected chi connectivity index (χ1v) is 10.1. The predicted octanol–water partition coefficient (Wildman–Crippen LogP) is 3.32. The van der Waals surface area contributed by atoms with Crippen LogP contribution in [0.4, 0.5) is 0 Å². The van der Waals surface area contributed by atoms with E-state index in [1.54, 1.807) is 41.8 Å². The lowest BCUT2D eigenvalue weighted by atomic mass is 10.1. The largest absolute Gasteiger partial charge is 0.465 e. The third-order valence-electron chi connectivity index (χ3n) is 4.26. The number of halogens is 1. The van der Waals surface area contributed by atoms with Crippen molar-refractivity contribution in [2.24, 2.45) is 4.99 Å². The highest BCUT2D eigenvalue weighted by atomic mass is 35.5. The molecular formula is C20H17ClN2O5S. The van der Waals surface area contributed by atoms with Crippen LogP contribution >= 0.6 is 22.9 Å². The second kappa shape index (κ2) is 8.26. The van der Waals surface area contributed by atoms with Crippen LogP contribution < -0.4 is 14.3 Å². The lowest BCUT2D eigenvalue weighted by molar-refractivity contribution is -0.143. The number of thiazole rings is 1. The zero-order valence-electron chi connectivity index (χ0n) is 15.5. The number of hydrogen-bond acceptors (Lipinski definition) is 6. The summed E-state index contributed by atoms with van der Waals surface area (Å²) in [6.07, 6.45) is 0.132. The van der Waals surface area contributed by atoms with E-state index in [1.165, 1.54) is 11.3 Å².